The predicted molar refractivity (Wildman–Crippen MR) is 194 cm³/mol. The molecule has 1 N–H and O–H groups in total. The number of nitrogens with one attached hydrogen (secondary N) is 1. The van der Waals surface area contributed by atoms with Crippen LogP contribution in [-0.2, 0) is 12.1 Å². The lowest BCUT2D eigenvalue weighted by atomic mass is 9.76. The molecule has 0 aromatic heterocycles. The molecule has 7 rings (SSSR count). The third kappa shape index (κ3) is 6.73. The van der Waals surface area contributed by atoms with Crippen molar-refractivity contribution in [3.05, 3.63) is 214 Å². The minimum Gasteiger partial charge on any atom is -0.457 e. The second-order valence-corrected chi connectivity index (χ2v) is 12.0. The highest BCUT2D eigenvalue weighted by Crippen LogP contribution is 2.45. The van der Waals surface area contributed by atoms with Crippen molar-refractivity contribution in [2.24, 2.45) is 0 Å². The first-order valence-electron chi connectivity index (χ1n) is 16.3. The van der Waals surface area contributed by atoms with Crippen molar-refractivity contribution >= 4 is 11.4 Å². The Balaban J connectivity index is 1.27. The Hall–Kier alpha value is -6.34. The summed E-state index contributed by atoms with van der Waals surface area (Å²) in [7, 11) is 0. The van der Waals surface area contributed by atoms with Gasteiger partial charge in [0.2, 0.25) is 0 Å². The molecule has 242 valence electrons. The van der Waals surface area contributed by atoms with Crippen molar-refractivity contribution in [1.82, 2.24) is 9.80 Å². The van der Waals surface area contributed by atoms with Crippen molar-refractivity contribution in [2.75, 3.05) is 18.5 Å². The normalized spacial score (nSPS) is 12.8. The van der Waals surface area contributed by atoms with Gasteiger partial charge in [0.25, 0.3) is 5.69 Å². The van der Waals surface area contributed by atoms with Gasteiger partial charge >= 0.3 is 0 Å². The summed E-state index contributed by atoms with van der Waals surface area (Å²) in [6, 6.07) is 56.5. The molecule has 0 spiro atoms. The van der Waals surface area contributed by atoms with Crippen LogP contribution in [0.15, 0.2) is 182 Å². The standard InChI is InChI=1S/C42H36N4O3/c47-46(48)38-26-24-33(25-27-38)30-44-32-45(31-39(44)29-43-37-20-13-23-41(28-37)49-40-21-11-4-12-22-40)42(34-14-5-1-6-15-34,35-16-7-2-8-17-35)36-18-9-3-10-19-36/h1-28,31,43H,29-30,32H2. The molecular formula is C42H36N4O3. The monoisotopic (exact) mass is 644 g/mol. The highest BCUT2D eigenvalue weighted by molar-refractivity contribution is 5.52. The largest absolute Gasteiger partial charge is 0.457 e. The van der Waals surface area contributed by atoms with E-state index in [2.05, 4.69) is 112 Å². The lowest BCUT2D eigenvalue weighted by molar-refractivity contribution is -0.384. The van der Waals surface area contributed by atoms with Gasteiger partial charge in [0, 0.05) is 36.6 Å². The molecule has 0 fully saturated rings. The van der Waals surface area contributed by atoms with Gasteiger partial charge in [0.15, 0.2) is 0 Å². The fraction of sp³-hybridized carbons (Fsp3) is 0.0952. The number of nitrogens with zero attached hydrogens (tertiary/aromatic N) is 3. The number of benzene rings is 6. The fourth-order valence-electron chi connectivity index (χ4n) is 6.55. The van der Waals surface area contributed by atoms with Crippen LogP contribution in [0.5, 0.6) is 11.5 Å². The summed E-state index contributed by atoms with van der Waals surface area (Å²) in [5.41, 5.74) is 5.91. The van der Waals surface area contributed by atoms with E-state index in [1.54, 1.807) is 12.1 Å². The molecule has 1 heterocycles. The maximum absolute atomic E-state index is 11.4. The van der Waals surface area contributed by atoms with Crippen LogP contribution in [0.2, 0.25) is 0 Å². The number of nitro groups is 1. The zero-order valence-electron chi connectivity index (χ0n) is 26.9. The number of hydrogen-bond donors (Lipinski definition) is 1. The van der Waals surface area contributed by atoms with E-state index < -0.39 is 5.54 Å². The molecule has 0 atom stereocenters. The van der Waals surface area contributed by atoms with Gasteiger partial charge in [-0.2, -0.15) is 0 Å². The van der Waals surface area contributed by atoms with E-state index in [1.807, 2.05) is 66.7 Å². The van der Waals surface area contributed by atoms with E-state index in [9.17, 15) is 10.1 Å². The zero-order valence-corrected chi connectivity index (χ0v) is 26.9. The first-order valence-corrected chi connectivity index (χ1v) is 16.3. The van der Waals surface area contributed by atoms with Gasteiger partial charge in [-0.05, 0) is 46.5 Å². The topological polar surface area (TPSA) is 70.9 Å². The van der Waals surface area contributed by atoms with Crippen LogP contribution in [0.1, 0.15) is 22.3 Å². The van der Waals surface area contributed by atoms with Gasteiger partial charge in [0.05, 0.1) is 23.8 Å². The fourth-order valence-corrected chi connectivity index (χ4v) is 6.55. The van der Waals surface area contributed by atoms with Gasteiger partial charge in [-0.15, -0.1) is 0 Å². The average molecular weight is 645 g/mol. The quantitative estimate of drug-likeness (QED) is 0.0813. The molecule has 1 aliphatic heterocycles. The van der Waals surface area contributed by atoms with Crippen LogP contribution in [0.25, 0.3) is 0 Å². The van der Waals surface area contributed by atoms with E-state index in [-0.39, 0.29) is 10.6 Å². The van der Waals surface area contributed by atoms with Crippen LogP contribution in [-0.4, -0.2) is 27.9 Å². The molecule has 0 unspecified atom stereocenters. The van der Waals surface area contributed by atoms with Crippen molar-refractivity contribution in [3.63, 3.8) is 0 Å². The van der Waals surface area contributed by atoms with Crippen LogP contribution in [0.4, 0.5) is 11.4 Å². The molecule has 0 amide bonds. The van der Waals surface area contributed by atoms with Gasteiger partial charge < -0.3 is 19.9 Å². The number of hydrogen-bond acceptors (Lipinski definition) is 6. The van der Waals surface area contributed by atoms with Crippen LogP contribution >= 0.6 is 0 Å². The van der Waals surface area contributed by atoms with Gasteiger partial charge in [-0.25, -0.2) is 0 Å². The number of nitro benzene ring substituents is 1. The van der Waals surface area contributed by atoms with Crippen LogP contribution in [0.3, 0.4) is 0 Å². The van der Waals surface area contributed by atoms with Crippen molar-refractivity contribution in [1.29, 1.82) is 0 Å². The van der Waals surface area contributed by atoms with E-state index in [0.717, 1.165) is 45.1 Å². The SMILES string of the molecule is O=[N+]([O-])c1ccc(CN2CN(C(c3ccccc3)(c3ccccc3)c3ccccc3)C=C2CNc2cccc(Oc3ccccc3)c2)cc1. The van der Waals surface area contributed by atoms with Crippen molar-refractivity contribution in [3.8, 4) is 11.5 Å². The summed E-state index contributed by atoms with van der Waals surface area (Å²) in [5.74, 6) is 1.53. The Kier molecular flexibility index (Phi) is 9.06. The molecule has 7 nitrogen and oxygen atoms in total. The zero-order chi connectivity index (χ0) is 33.5. The van der Waals surface area contributed by atoms with E-state index in [1.165, 1.54) is 0 Å². The molecular weight excluding hydrogens is 608 g/mol. The molecule has 0 saturated heterocycles. The third-order valence-corrected chi connectivity index (χ3v) is 8.85. The highest BCUT2D eigenvalue weighted by atomic mass is 16.6. The van der Waals surface area contributed by atoms with E-state index in [0.29, 0.717) is 19.8 Å². The Bertz CT molecular complexity index is 1920. The molecule has 7 heteroatoms. The number of para-hydroxylation sites is 1. The minimum absolute atomic E-state index is 0.0816. The predicted octanol–water partition coefficient (Wildman–Crippen LogP) is 9.41. The number of ether oxygens (including phenoxy) is 1. The van der Waals surface area contributed by atoms with E-state index >= 15 is 0 Å². The first-order chi connectivity index (χ1) is 24.1. The summed E-state index contributed by atoms with van der Waals surface area (Å²) in [4.78, 5) is 15.8. The summed E-state index contributed by atoms with van der Waals surface area (Å²) < 4.78 is 6.10. The second-order valence-electron chi connectivity index (χ2n) is 12.0. The summed E-state index contributed by atoms with van der Waals surface area (Å²) in [6.07, 6.45) is 2.26. The molecule has 0 radical (unpaired) electrons. The van der Waals surface area contributed by atoms with Gasteiger partial charge in [0.1, 0.15) is 17.0 Å². The van der Waals surface area contributed by atoms with Gasteiger partial charge in [-0.3, -0.25) is 10.1 Å². The number of anilines is 1. The molecule has 1 aliphatic rings. The molecule has 49 heavy (non-hydrogen) atoms. The maximum Gasteiger partial charge on any atom is 0.269 e. The lowest BCUT2D eigenvalue weighted by Crippen LogP contribution is -2.46. The number of non-ortho nitro benzene ring substituents is 1. The summed E-state index contributed by atoms with van der Waals surface area (Å²) >= 11 is 0. The lowest BCUT2D eigenvalue weighted by Gasteiger charge is -2.44. The molecule has 0 bridgehead atoms. The maximum atomic E-state index is 11.4. The molecule has 0 aliphatic carbocycles. The minimum atomic E-state index is -0.636. The molecule has 6 aromatic carbocycles. The summed E-state index contributed by atoms with van der Waals surface area (Å²) in [5, 5.41) is 15.0. The highest BCUT2D eigenvalue weighted by Gasteiger charge is 2.44. The Morgan fingerprint density at radius 2 is 1.18 bits per heavy atom. The Morgan fingerprint density at radius 3 is 1.73 bits per heavy atom. The second kappa shape index (κ2) is 14.2. The summed E-state index contributed by atoms with van der Waals surface area (Å²) in [6.45, 7) is 1.71. The smallest absolute Gasteiger partial charge is 0.269 e. The average Bonchev–Trinajstić information content (AvgIpc) is 3.55. The molecule has 0 saturated carbocycles. The van der Waals surface area contributed by atoms with Crippen molar-refractivity contribution < 1.29 is 9.66 Å². The Morgan fingerprint density at radius 1 is 0.653 bits per heavy atom. The Labute approximate surface area is 286 Å². The van der Waals surface area contributed by atoms with Gasteiger partial charge in [-0.1, -0.05) is 127 Å². The number of rotatable bonds is 12. The van der Waals surface area contributed by atoms with Crippen molar-refractivity contribution in [2.45, 2.75) is 12.1 Å². The van der Waals surface area contributed by atoms with Crippen LogP contribution in [0, 0.1) is 10.1 Å². The molecule has 6 aromatic rings. The van der Waals surface area contributed by atoms with E-state index in [4.69, 9.17) is 4.74 Å². The van der Waals surface area contributed by atoms with Crippen LogP contribution < -0.4 is 10.1 Å². The first kappa shape index (κ1) is 31.3. The third-order valence-electron chi connectivity index (χ3n) is 8.85.